The first-order valence-electron chi connectivity index (χ1n) is 9.06. The summed E-state index contributed by atoms with van der Waals surface area (Å²) < 4.78 is 5.54. The molecule has 6 heteroatoms. The molecule has 0 aliphatic carbocycles. The fourth-order valence-electron chi connectivity index (χ4n) is 2.98. The van der Waals surface area contributed by atoms with Gasteiger partial charge in [-0.15, -0.1) is 0 Å². The molecule has 0 atom stereocenters. The van der Waals surface area contributed by atoms with Crippen molar-refractivity contribution >= 4 is 16.8 Å². The van der Waals surface area contributed by atoms with E-state index in [1.165, 1.54) is 0 Å². The summed E-state index contributed by atoms with van der Waals surface area (Å²) in [4.78, 5) is 33.6. The first-order chi connectivity index (χ1) is 13.1. The summed E-state index contributed by atoms with van der Waals surface area (Å²) in [6.45, 7) is 4.97. The number of aromatic amines is 1. The lowest BCUT2D eigenvalue weighted by atomic mass is 10.1. The lowest BCUT2D eigenvalue weighted by Gasteiger charge is -2.22. The van der Waals surface area contributed by atoms with Crippen LogP contribution in [-0.2, 0) is 17.9 Å². The molecule has 1 amide bonds. The van der Waals surface area contributed by atoms with Crippen LogP contribution < -0.4 is 10.3 Å². The zero-order chi connectivity index (χ0) is 19.2. The molecule has 0 unspecified atom stereocenters. The molecule has 0 bridgehead atoms. The van der Waals surface area contributed by atoms with Gasteiger partial charge in [0.1, 0.15) is 5.75 Å². The fourth-order valence-corrected chi connectivity index (χ4v) is 2.98. The maximum Gasteiger partial charge on any atom is 0.253 e. The number of carbonyl (C=O) groups is 1. The largest absolute Gasteiger partial charge is 0.494 e. The number of carbonyl (C=O) groups excluding carboxylic acids is 1. The minimum atomic E-state index is -0.188. The first kappa shape index (κ1) is 18.6. The topological polar surface area (TPSA) is 75.3 Å². The van der Waals surface area contributed by atoms with Gasteiger partial charge in [0.15, 0.2) is 0 Å². The number of fused-ring (bicyclic) bond motifs is 1. The Bertz CT molecular complexity index is 983. The Balaban J connectivity index is 1.92. The van der Waals surface area contributed by atoms with E-state index in [0.717, 1.165) is 22.2 Å². The summed E-state index contributed by atoms with van der Waals surface area (Å²) in [5, 5.41) is 0.876. The van der Waals surface area contributed by atoms with Gasteiger partial charge < -0.3 is 14.6 Å². The Hall–Kier alpha value is -3.15. The third kappa shape index (κ3) is 4.53. The summed E-state index contributed by atoms with van der Waals surface area (Å²) in [5.41, 5.74) is 2.02. The number of H-pyrrole nitrogens is 1. The van der Waals surface area contributed by atoms with Crippen LogP contribution in [0.3, 0.4) is 0 Å². The standard InChI is InChI=1S/C21H23N3O3/c1-3-20(25)24(13-15-6-5-9-22-12-15)14-17-10-16-11-18(27-4-2)7-8-19(16)23-21(17)26/h5-12H,3-4,13-14H2,1-2H3,(H,23,26). The fraction of sp³-hybridized carbons (Fsp3) is 0.286. The van der Waals surface area contributed by atoms with Crippen LogP contribution in [0.1, 0.15) is 31.4 Å². The summed E-state index contributed by atoms with van der Waals surface area (Å²) in [7, 11) is 0. The van der Waals surface area contributed by atoms with E-state index in [0.29, 0.717) is 25.1 Å². The lowest BCUT2D eigenvalue weighted by Crippen LogP contribution is -2.32. The maximum absolute atomic E-state index is 12.5. The number of amides is 1. The van der Waals surface area contributed by atoms with E-state index in [-0.39, 0.29) is 18.0 Å². The van der Waals surface area contributed by atoms with E-state index in [9.17, 15) is 9.59 Å². The summed E-state index contributed by atoms with van der Waals surface area (Å²) in [5.74, 6) is 0.737. The van der Waals surface area contributed by atoms with E-state index in [1.54, 1.807) is 17.3 Å². The second kappa shape index (κ2) is 8.49. The number of nitrogens with zero attached hydrogens (tertiary/aromatic N) is 2. The van der Waals surface area contributed by atoms with Crippen molar-refractivity contribution in [1.82, 2.24) is 14.9 Å². The molecule has 0 spiro atoms. The highest BCUT2D eigenvalue weighted by molar-refractivity contribution is 5.81. The monoisotopic (exact) mass is 365 g/mol. The highest BCUT2D eigenvalue weighted by Gasteiger charge is 2.15. The molecular weight excluding hydrogens is 342 g/mol. The maximum atomic E-state index is 12.5. The molecule has 1 N–H and O–H groups in total. The number of hydrogen-bond donors (Lipinski definition) is 1. The Morgan fingerprint density at radius 3 is 2.74 bits per heavy atom. The van der Waals surface area contributed by atoms with Gasteiger partial charge in [-0.25, -0.2) is 0 Å². The van der Waals surface area contributed by atoms with E-state index in [1.807, 2.05) is 50.2 Å². The van der Waals surface area contributed by atoms with Gasteiger partial charge in [-0.2, -0.15) is 0 Å². The van der Waals surface area contributed by atoms with Gasteiger partial charge in [0.2, 0.25) is 5.91 Å². The first-order valence-corrected chi connectivity index (χ1v) is 9.06. The van der Waals surface area contributed by atoms with Crippen molar-refractivity contribution in [3.05, 3.63) is 70.3 Å². The lowest BCUT2D eigenvalue weighted by molar-refractivity contribution is -0.132. The van der Waals surface area contributed by atoms with Crippen molar-refractivity contribution in [2.24, 2.45) is 0 Å². The average Bonchev–Trinajstić information content (AvgIpc) is 2.68. The van der Waals surface area contributed by atoms with Gasteiger partial charge in [0, 0.05) is 41.8 Å². The number of benzene rings is 1. The second-order valence-electron chi connectivity index (χ2n) is 6.27. The van der Waals surface area contributed by atoms with Crippen LogP contribution in [0.25, 0.3) is 10.9 Å². The molecule has 1 aromatic carbocycles. The predicted octanol–water partition coefficient (Wildman–Crippen LogP) is 3.26. The van der Waals surface area contributed by atoms with Crippen LogP contribution in [0.5, 0.6) is 5.75 Å². The number of ether oxygens (including phenoxy) is 1. The molecule has 3 rings (SSSR count). The van der Waals surface area contributed by atoms with Crippen molar-refractivity contribution < 1.29 is 9.53 Å². The van der Waals surface area contributed by atoms with Crippen LogP contribution in [-0.4, -0.2) is 27.4 Å². The van der Waals surface area contributed by atoms with Gasteiger partial charge in [0.05, 0.1) is 13.2 Å². The van der Waals surface area contributed by atoms with Gasteiger partial charge in [-0.1, -0.05) is 13.0 Å². The molecule has 0 aliphatic rings. The van der Waals surface area contributed by atoms with Crippen LogP contribution in [0, 0.1) is 0 Å². The van der Waals surface area contributed by atoms with Gasteiger partial charge >= 0.3 is 0 Å². The van der Waals surface area contributed by atoms with Crippen molar-refractivity contribution in [3.63, 3.8) is 0 Å². The summed E-state index contributed by atoms with van der Waals surface area (Å²) in [6.07, 6.45) is 3.80. The SMILES string of the molecule is CCOc1ccc2[nH]c(=O)c(CN(Cc3cccnc3)C(=O)CC)cc2c1. The molecule has 0 fully saturated rings. The number of rotatable bonds is 7. The Morgan fingerprint density at radius 1 is 1.19 bits per heavy atom. The second-order valence-corrected chi connectivity index (χ2v) is 6.27. The molecule has 0 saturated heterocycles. The van der Waals surface area contributed by atoms with Crippen molar-refractivity contribution in [2.45, 2.75) is 33.4 Å². The Morgan fingerprint density at radius 2 is 2.04 bits per heavy atom. The molecule has 2 aromatic heterocycles. The molecule has 140 valence electrons. The van der Waals surface area contributed by atoms with Gasteiger partial charge in [0.25, 0.3) is 5.56 Å². The summed E-state index contributed by atoms with van der Waals surface area (Å²) in [6, 6.07) is 11.1. The molecule has 6 nitrogen and oxygen atoms in total. The molecule has 0 radical (unpaired) electrons. The summed E-state index contributed by atoms with van der Waals surface area (Å²) >= 11 is 0. The predicted molar refractivity (Wildman–Crippen MR) is 105 cm³/mol. The third-order valence-electron chi connectivity index (χ3n) is 4.32. The Kier molecular flexibility index (Phi) is 5.86. The number of pyridine rings is 2. The van der Waals surface area contributed by atoms with E-state index >= 15 is 0 Å². The Labute approximate surface area is 157 Å². The highest BCUT2D eigenvalue weighted by atomic mass is 16.5. The number of aromatic nitrogens is 2. The highest BCUT2D eigenvalue weighted by Crippen LogP contribution is 2.20. The quantitative estimate of drug-likeness (QED) is 0.697. The van der Waals surface area contributed by atoms with Crippen molar-refractivity contribution in [3.8, 4) is 5.75 Å². The molecular formula is C21H23N3O3. The number of nitrogens with one attached hydrogen (secondary N) is 1. The van der Waals surface area contributed by atoms with Crippen LogP contribution in [0.15, 0.2) is 53.6 Å². The van der Waals surface area contributed by atoms with Crippen LogP contribution in [0.4, 0.5) is 0 Å². The van der Waals surface area contributed by atoms with Crippen molar-refractivity contribution in [2.75, 3.05) is 6.61 Å². The smallest absolute Gasteiger partial charge is 0.253 e. The third-order valence-corrected chi connectivity index (χ3v) is 4.32. The molecule has 2 heterocycles. The normalized spacial score (nSPS) is 10.7. The van der Waals surface area contributed by atoms with E-state index < -0.39 is 0 Å². The molecule has 3 aromatic rings. The minimum absolute atomic E-state index is 0.0126. The van der Waals surface area contributed by atoms with Gasteiger partial charge in [-0.3, -0.25) is 14.6 Å². The van der Waals surface area contributed by atoms with Gasteiger partial charge in [-0.05, 0) is 42.8 Å². The van der Waals surface area contributed by atoms with Crippen LogP contribution >= 0.6 is 0 Å². The molecule has 0 aliphatic heterocycles. The van der Waals surface area contributed by atoms with E-state index in [4.69, 9.17) is 4.74 Å². The minimum Gasteiger partial charge on any atom is -0.494 e. The average molecular weight is 365 g/mol. The van der Waals surface area contributed by atoms with Crippen LogP contribution in [0.2, 0.25) is 0 Å². The molecule has 0 saturated carbocycles. The molecule has 27 heavy (non-hydrogen) atoms. The number of hydrogen-bond acceptors (Lipinski definition) is 4. The van der Waals surface area contributed by atoms with E-state index in [2.05, 4.69) is 9.97 Å². The zero-order valence-electron chi connectivity index (χ0n) is 15.6. The van der Waals surface area contributed by atoms with Crippen molar-refractivity contribution in [1.29, 1.82) is 0 Å². The zero-order valence-corrected chi connectivity index (χ0v) is 15.6.